The minimum Gasteiger partial charge on any atom is -0.494 e. The van der Waals surface area contributed by atoms with Gasteiger partial charge in [-0.1, -0.05) is 0 Å². The average Bonchev–Trinajstić information content (AvgIpc) is 3.24. The van der Waals surface area contributed by atoms with Crippen LogP contribution in [0.2, 0.25) is 0 Å². The van der Waals surface area contributed by atoms with Crippen LogP contribution in [0.1, 0.15) is 22.4 Å². The van der Waals surface area contributed by atoms with E-state index in [0.717, 1.165) is 80.6 Å². The predicted octanol–water partition coefficient (Wildman–Crippen LogP) is 3.10. The van der Waals surface area contributed by atoms with Gasteiger partial charge in [0, 0.05) is 54.6 Å². The maximum atomic E-state index is 7.63. The Hall–Kier alpha value is -2.79. The zero-order chi connectivity index (χ0) is 23.5. The molecule has 0 saturated carbocycles. The second kappa shape index (κ2) is 10.2. The zero-order valence-electron chi connectivity index (χ0n) is 19.5. The molecule has 180 valence electrons. The summed E-state index contributed by atoms with van der Waals surface area (Å²) in [6.45, 7) is 8.07. The van der Waals surface area contributed by atoms with Crippen LogP contribution in [-0.4, -0.2) is 79.0 Å². The first kappa shape index (κ1) is 23.0. The number of nitrogens with one attached hydrogen (secondary N) is 2. The summed E-state index contributed by atoms with van der Waals surface area (Å²) in [5, 5.41) is 12.2. The molecule has 0 atom stereocenters. The van der Waals surface area contributed by atoms with Gasteiger partial charge >= 0.3 is 0 Å². The van der Waals surface area contributed by atoms with Crippen LogP contribution in [-0.2, 0) is 17.7 Å². The third-order valence-corrected chi connectivity index (χ3v) is 7.71. The van der Waals surface area contributed by atoms with Gasteiger partial charge in [0.1, 0.15) is 22.7 Å². The highest BCUT2D eigenvalue weighted by Crippen LogP contribution is 2.39. The molecule has 2 aliphatic rings. The smallest absolute Gasteiger partial charge is 0.144 e. The van der Waals surface area contributed by atoms with Crippen LogP contribution in [0.4, 0.5) is 17.2 Å². The van der Waals surface area contributed by atoms with Gasteiger partial charge in [0.15, 0.2) is 0 Å². The molecule has 0 unspecified atom stereocenters. The fourth-order valence-corrected chi connectivity index (χ4v) is 5.97. The number of fused-ring (bicyclic) bond motifs is 3. The maximum Gasteiger partial charge on any atom is 0.144 e. The minimum absolute atomic E-state index is 0.506. The number of benzene rings is 1. The lowest BCUT2D eigenvalue weighted by Crippen LogP contribution is -2.38. The molecule has 2 aromatic heterocycles. The maximum absolute atomic E-state index is 7.63. The van der Waals surface area contributed by atoms with E-state index in [0.29, 0.717) is 17.0 Å². The van der Waals surface area contributed by atoms with Crippen LogP contribution >= 0.6 is 11.3 Å². The van der Waals surface area contributed by atoms with Crippen LogP contribution in [0.5, 0.6) is 5.75 Å². The largest absolute Gasteiger partial charge is 0.494 e. The van der Waals surface area contributed by atoms with Crippen LogP contribution in [0.3, 0.4) is 0 Å². The molecule has 1 fully saturated rings. The van der Waals surface area contributed by atoms with E-state index in [1.165, 1.54) is 23.1 Å². The normalized spacial score (nSPS) is 17.0. The number of hydrogen-bond donors (Lipinski definition) is 3. The lowest BCUT2D eigenvalue weighted by atomic mass is 10.0. The minimum atomic E-state index is 0.506. The number of morpholine rings is 1. The molecule has 4 heterocycles. The van der Waals surface area contributed by atoms with E-state index in [9.17, 15) is 0 Å². The SMILES string of the molecule is COc1cc(N)c(C=N)cc1Nc1ncnc2sc3c(c12)CCN(CCCN1CCOCC1)C3. The number of methoxy groups -OCH3 is 1. The Morgan fingerprint density at radius 1 is 1.21 bits per heavy atom. The van der Waals surface area contributed by atoms with Gasteiger partial charge in [0.05, 0.1) is 31.4 Å². The quantitative estimate of drug-likeness (QED) is 0.332. The fraction of sp³-hybridized carbons (Fsp3) is 0.458. The monoisotopic (exact) mass is 481 g/mol. The van der Waals surface area contributed by atoms with Crippen molar-refractivity contribution in [1.29, 1.82) is 5.41 Å². The lowest BCUT2D eigenvalue weighted by molar-refractivity contribution is 0.0359. The summed E-state index contributed by atoms with van der Waals surface area (Å²) in [5.41, 5.74) is 9.24. The van der Waals surface area contributed by atoms with E-state index in [4.69, 9.17) is 20.6 Å². The van der Waals surface area contributed by atoms with Crippen molar-refractivity contribution >= 4 is 45.0 Å². The Balaban J connectivity index is 1.33. The molecule has 9 nitrogen and oxygen atoms in total. The molecule has 4 N–H and O–H groups in total. The Morgan fingerprint density at radius 3 is 2.82 bits per heavy atom. The molecule has 34 heavy (non-hydrogen) atoms. The summed E-state index contributed by atoms with van der Waals surface area (Å²) >= 11 is 1.76. The predicted molar refractivity (Wildman–Crippen MR) is 137 cm³/mol. The Kier molecular flexibility index (Phi) is 6.91. The van der Waals surface area contributed by atoms with Gasteiger partial charge in [-0.15, -0.1) is 11.3 Å². The zero-order valence-corrected chi connectivity index (χ0v) is 20.3. The van der Waals surface area contributed by atoms with Crippen molar-refractivity contribution in [2.75, 3.05) is 64.1 Å². The first-order valence-electron chi connectivity index (χ1n) is 11.7. The molecular formula is C24H31N7O2S. The number of aromatic nitrogens is 2. The second-order valence-corrected chi connectivity index (χ2v) is 9.77. The number of rotatable bonds is 8. The number of nitrogens with two attached hydrogens (primary N) is 1. The van der Waals surface area contributed by atoms with Crippen molar-refractivity contribution < 1.29 is 9.47 Å². The van der Waals surface area contributed by atoms with Gasteiger partial charge < -0.3 is 25.9 Å². The van der Waals surface area contributed by atoms with E-state index in [-0.39, 0.29) is 0 Å². The van der Waals surface area contributed by atoms with Crippen molar-refractivity contribution in [3.05, 3.63) is 34.5 Å². The Morgan fingerprint density at radius 2 is 2.03 bits per heavy atom. The van der Waals surface area contributed by atoms with Crippen molar-refractivity contribution in [2.45, 2.75) is 19.4 Å². The van der Waals surface area contributed by atoms with E-state index >= 15 is 0 Å². The number of nitrogens with zero attached hydrogens (tertiary/aromatic N) is 4. The van der Waals surface area contributed by atoms with Gasteiger partial charge in [0.2, 0.25) is 0 Å². The summed E-state index contributed by atoms with van der Waals surface area (Å²) in [5.74, 6) is 1.38. The first-order valence-corrected chi connectivity index (χ1v) is 12.5. The lowest BCUT2D eigenvalue weighted by Gasteiger charge is -2.30. The molecule has 0 aliphatic carbocycles. The van der Waals surface area contributed by atoms with E-state index < -0.39 is 0 Å². The van der Waals surface area contributed by atoms with Gasteiger partial charge in [-0.2, -0.15) is 0 Å². The van der Waals surface area contributed by atoms with Crippen LogP contribution in [0.15, 0.2) is 18.5 Å². The number of thiophene rings is 1. The molecule has 10 heteroatoms. The standard InChI is InChI=1S/C24H31N7O2S/c1-32-20-12-18(26)16(13-25)11-19(20)29-23-22-17-3-6-31(5-2-4-30-7-9-33-10-8-30)14-21(17)34-24(22)28-15-27-23/h11-13,15,25H,2-10,14,26H2,1H3,(H,27,28,29). The summed E-state index contributed by atoms with van der Waals surface area (Å²) < 4.78 is 11.0. The molecule has 1 saturated heterocycles. The van der Waals surface area contributed by atoms with Crippen molar-refractivity contribution in [3.8, 4) is 5.75 Å². The van der Waals surface area contributed by atoms with Gasteiger partial charge in [-0.05, 0) is 37.6 Å². The molecule has 5 rings (SSSR count). The Bertz CT molecular complexity index is 1180. The van der Waals surface area contributed by atoms with Crippen LogP contribution < -0.4 is 15.8 Å². The molecule has 0 amide bonds. The summed E-state index contributed by atoms with van der Waals surface area (Å²) in [6, 6.07) is 3.56. The highest BCUT2D eigenvalue weighted by Gasteiger charge is 2.24. The molecular weight excluding hydrogens is 450 g/mol. The average molecular weight is 482 g/mol. The van der Waals surface area contributed by atoms with Crippen LogP contribution in [0, 0.1) is 5.41 Å². The van der Waals surface area contributed by atoms with E-state index in [2.05, 4.69) is 25.1 Å². The molecule has 0 bridgehead atoms. The molecule has 0 radical (unpaired) electrons. The number of hydrogen-bond acceptors (Lipinski definition) is 10. The van der Waals surface area contributed by atoms with Crippen molar-refractivity contribution in [2.24, 2.45) is 0 Å². The molecule has 0 spiro atoms. The highest BCUT2D eigenvalue weighted by molar-refractivity contribution is 7.19. The van der Waals surface area contributed by atoms with E-state index in [1.807, 2.05) is 6.07 Å². The van der Waals surface area contributed by atoms with Gasteiger partial charge in [0.25, 0.3) is 0 Å². The van der Waals surface area contributed by atoms with Crippen molar-refractivity contribution in [3.63, 3.8) is 0 Å². The van der Waals surface area contributed by atoms with Crippen molar-refractivity contribution in [1.82, 2.24) is 19.8 Å². The molecule has 2 aliphatic heterocycles. The summed E-state index contributed by atoms with van der Waals surface area (Å²) in [6.07, 6.45) is 5.02. The summed E-state index contributed by atoms with van der Waals surface area (Å²) in [7, 11) is 1.61. The molecule has 1 aromatic carbocycles. The number of anilines is 3. The third kappa shape index (κ3) is 4.72. The topological polar surface area (TPSA) is 113 Å². The first-order chi connectivity index (χ1) is 16.7. The summed E-state index contributed by atoms with van der Waals surface area (Å²) in [4.78, 5) is 16.6. The van der Waals surface area contributed by atoms with E-state index in [1.54, 1.807) is 30.8 Å². The van der Waals surface area contributed by atoms with Gasteiger partial charge in [-0.3, -0.25) is 9.80 Å². The third-order valence-electron chi connectivity index (χ3n) is 6.58. The number of nitrogen functional groups attached to an aromatic ring is 1. The second-order valence-electron chi connectivity index (χ2n) is 8.69. The Labute approximate surface area is 203 Å². The highest BCUT2D eigenvalue weighted by atomic mass is 32.1. The number of ether oxygens (including phenoxy) is 2. The molecule has 3 aromatic rings. The van der Waals surface area contributed by atoms with Crippen LogP contribution in [0.25, 0.3) is 10.2 Å². The fourth-order valence-electron chi connectivity index (χ4n) is 4.74. The van der Waals surface area contributed by atoms with Gasteiger partial charge in [-0.25, -0.2) is 9.97 Å².